The Balaban J connectivity index is 2.46. The van der Waals surface area contributed by atoms with Crippen LogP contribution in [0.3, 0.4) is 0 Å². The Morgan fingerprint density at radius 2 is 2.15 bits per heavy atom. The molecule has 0 bridgehead atoms. The van der Waals surface area contributed by atoms with E-state index in [-0.39, 0.29) is 0 Å². The number of halogens is 2. The van der Waals surface area contributed by atoms with Gasteiger partial charge in [-0.1, -0.05) is 39.4 Å². The molecule has 1 heterocycles. The fraction of sp³-hybridized carbons (Fsp3) is 0. The zero-order chi connectivity index (χ0) is 9.26. The van der Waals surface area contributed by atoms with Gasteiger partial charge < -0.3 is 0 Å². The lowest BCUT2D eigenvalue weighted by molar-refractivity contribution is 1.07. The summed E-state index contributed by atoms with van der Waals surface area (Å²) in [7, 11) is 0. The summed E-state index contributed by atoms with van der Waals surface area (Å²) in [5.74, 6) is 0. The maximum Gasteiger partial charge on any atom is 0.178 e. The molecule has 1 aromatic carbocycles. The van der Waals surface area contributed by atoms with Gasteiger partial charge in [0.05, 0.1) is 0 Å². The van der Waals surface area contributed by atoms with Crippen molar-refractivity contribution < 1.29 is 0 Å². The largest absolute Gasteiger partial charge is 0.178 e. The van der Waals surface area contributed by atoms with E-state index in [1.807, 2.05) is 24.3 Å². The molecule has 0 fully saturated rings. The van der Waals surface area contributed by atoms with Crippen molar-refractivity contribution in [2.75, 3.05) is 0 Å². The van der Waals surface area contributed by atoms with E-state index < -0.39 is 0 Å². The Morgan fingerprint density at radius 1 is 1.31 bits per heavy atom. The van der Waals surface area contributed by atoms with E-state index in [9.17, 15) is 0 Å². The first-order chi connectivity index (χ1) is 6.25. The summed E-state index contributed by atoms with van der Waals surface area (Å²) in [6.45, 7) is 0. The van der Waals surface area contributed by atoms with Crippen LogP contribution in [-0.2, 0) is 0 Å². The first-order valence-corrected chi connectivity index (χ1v) is 6.19. The van der Waals surface area contributed by atoms with E-state index in [1.54, 1.807) is 11.3 Å². The highest BCUT2D eigenvalue weighted by Crippen LogP contribution is 2.26. The van der Waals surface area contributed by atoms with Crippen molar-refractivity contribution in [3.63, 3.8) is 0 Å². The molecule has 2 nitrogen and oxygen atoms in total. The first-order valence-electron chi connectivity index (χ1n) is 3.50. The van der Waals surface area contributed by atoms with Crippen molar-refractivity contribution in [3.05, 3.63) is 31.8 Å². The first kappa shape index (κ1) is 9.54. The third-order valence-electron chi connectivity index (χ3n) is 1.47. The SMILES string of the molecule is Brc1cccc(-c2nnc(I)s2)c1. The summed E-state index contributed by atoms with van der Waals surface area (Å²) in [6, 6.07) is 8.06. The normalized spacial score (nSPS) is 10.3. The molecule has 0 N–H and O–H groups in total. The number of rotatable bonds is 1. The summed E-state index contributed by atoms with van der Waals surface area (Å²) >= 11 is 7.18. The van der Waals surface area contributed by atoms with Crippen LogP contribution in [0.25, 0.3) is 10.6 Å². The van der Waals surface area contributed by atoms with Crippen LogP contribution in [0.1, 0.15) is 0 Å². The second-order valence-corrected chi connectivity index (χ2v) is 6.02. The number of nitrogens with zero attached hydrogens (tertiary/aromatic N) is 2. The average molecular weight is 367 g/mol. The molecule has 0 spiro atoms. The van der Waals surface area contributed by atoms with Crippen molar-refractivity contribution in [2.24, 2.45) is 0 Å². The summed E-state index contributed by atoms with van der Waals surface area (Å²) in [6.07, 6.45) is 0. The zero-order valence-electron chi connectivity index (χ0n) is 6.37. The molecule has 0 aliphatic carbocycles. The molecule has 5 heteroatoms. The predicted molar refractivity (Wildman–Crippen MR) is 65.8 cm³/mol. The van der Waals surface area contributed by atoms with E-state index in [4.69, 9.17) is 0 Å². The lowest BCUT2D eigenvalue weighted by atomic mass is 10.2. The molecule has 0 aliphatic rings. The van der Waals surface area contributed by atoms with Gasteiger partial charge in [0, 0.05) is 10.0 Å². The summed E-state index contributed by atoms with van der Waals surface area (Å²) in [5.41, 5.74) is 1.11. The number of hydrogen-bond donors (Lipinski definition) is 0. The quantitative estimate of drug-likeness (QED) is 0.721. The molecule has 0 unspecified atom stereocenters. The minimum Gasteiger partial charge on any atom is -0.137 e. The third-order valence-corrected chi connectivity index (χ3v) is 3.60. The molecular weight excluding hydrogens is 363 g/mol. The fourth-order valence-electron chi connectivity index (χ4n) is 0.943. The second-order valence-electron chi connectivity index (χ2n) is 2.37. The van der Waals surface area contributed by atoms with Gasteiger partial charge in [0.25, 0.3) is 0 Å². The lowest BCUT2D eigenvalue weighted by Crippen LogP contribution is -1.76. The molecule has 0 radical (unpaired) electrons. The standard InChI is InChI=1S/C8H4BrIN2S/c9-6-3-1-2-5(4-6)7-11-12-8(10)13-7/h1-4H. The number of aromatic nitrogens is 2. The zero-order valence-corrected chi connectivity index (χ0v) is 10.9. The van der Waals surface area contributed by atoms with Gasteiger partial charge in [-0.05, 0) is 34.7 Å². The van der Waals surface area contributed by atoms with Crippen molar-refractivity contribution in [1.82, 2.24) is 10.2 Å². The van der Waals surface area contributed by atoms with Gasteiger partial charge >= 0.3 is 0 Å². The highest BCUT2D eigenvalue weighted by atomic mass is 127. The van der Waals surface area contributed by atoms with Gasteiger partial charge in [-0.2, -0.15) is 0 Å². The van der Waals surface area contributed by atoms with Gasteiger partial charge in [0.1, 0.15) is 5.01 Å². The molecule has 1 aromatic heterocycles. The average Bonchev–Trinajstić information content (AvgIpc) is 2.52. The van der Waals surface area contributed by atoms with Gasteiger partial charge in [0.15, 0.2) is 3.01 Å². The van der Waals surface area contributed by atoms with Gasteiger partial charge in [-0.3, -0.25) is 0 Å². The van der Waals surface area contributed by atoms with Crippen LogP contribution in [0.15, 0.2) is 28.7 Å². The Bertz CT molecular complexity index is 430. The molecule has 13 heavy (non-hydrogen) atoms. The van der Waals surface area contributed by atoms with E-state index in [1.165, 1.54) is 0 Å². The van der Waals surface area contributed by atoms with Crippen molar-refractivity contribution >= 4 is 49.9 Å². The number of hydrogen-bond acceptors (Lipinski definition) is 3. The second kappa shape index (κ2) is 4.02. The Hall–Kier alpha value is -0.01000. The smallest absolute Gasteiger partial charge is 0.137 e. The van der Waals surface area contributed by atoms with Crippen LogP contribution in [-0.4, -0.2) is 10.2 Å². The topological polar surface area (TPSA) is 25.8 Å². The molecule has 2 rings (SSSR count). The molecule has 0 saturated heterocycles. The van der Waals surface area contributed by atoms with Crippen LogP contribution < -0.4 is 0 Å². The summed E-state index contributed by atoms with van der Waals surface area (Å²) in [4.78, 5) is 0. The Kier molecular flexibility index (Phi) is 2.95. The van der Waals surface area contributed by atoms with Crippen molar-refractivity contribution in [1.29, 1.82) is 0 Å². The van der Waals surface area contributed by atoms with Crippen LogP contribution in [0.5, 0.6) is 0 Å². The number of benzene rings is 1. The summed E-state index contributed by atoms with van der Waals surface area (Å²) < 4.78 is 2.03. The molecule has 2 aromatic rings. The van der Waals surface area contributed by atoms with Crippen molar-refractivity contribution in [2.45, 2.75) is 0 Å². The van der Waals surface area contributed by atoms with E-state index in [0.29, 0.717) is 0 Å². The Morgan fingerprint density at radius 3 is 2.77 bits per heavy atom. The van der Waals surface area contributed by atoms with E-state index >= 15 is 0 Å². The van der Waals surface area contributed by atoms with Gasteiger partial charge in [-0.25, -0.2) is 0 Å². The minimum atomic E-state index is 0.964. The maximum absolute atomic E-state index is 4.07. The molecule has 0 aliphatic heterocycles. The van der Waals surface area contributed by atoms with Crippen LogP contribution in [0, 0.1) is 3.01 Å². The van der Waals surface area contributed by atoms with E-state index in [2.05, 4.69) is 48.7 Å². The maximum atomic E-state index is 4.07. The van der Waals surface area contributed by atoms with Crippen LogP contribution in [0.4, 0.5) is 0 Å². The highest BCUT2D eigenvalue weighted by molar-refractivity contribution is 14.1. The minimum absolute atomic E-state index is 0.964. The molecule has 0 atom stereocenters. The van der Waals surface area contributed by atoms with Crippen LogP contribution in [0.2, 0.25) is 0 Å². The van der Waals surface area contributed by atoms with Gasteiger partial charge in [0.2, 0.25) is 0 Å². The molecular formula is C8H4BrIN2S. The van der Waals surface area contributed by atoms with Gasteiger partial charge in [-0.15, -0.1) is 10.2 Å². The van der Waals surface area contributed by atoms with Crippen LogP contribution >= 0.6 is 49.9 Å². The summed E-state index contributed by atoms with van der Waals surface area (Å²) in [5, 5.41) is 8.99. The lowest BCUT2D eigenvalue weighted by Gasteiger charge is -1.94. The Labute approximate surface area is 102 Å². The highest BCUT2D eigenvalue weighted by Gasteiger charge is 2.03. The van der Waals surface area contributed by atoms with Crippen molar-refractivity contribution in [3.8, 4) is 10.6 Å². The third kappa shape index (κ3) is 2.26. The predicted octanol–water partition coefficient (Wildman–Crippen LogP) is 3.57. The fourth-order valence-corrected chi connectivity index (χ4v) is 2.64. The molecule has 66 valence electrons. The molecule has 0 amide bonds. The monoisotopic (exact) mass is 366 g/mol. The molecule has 0 saturated carbocycles. The van der Waals surface area contributed by atoms with E-state index in [0.717, 1.165) is 18.1 Å².